The van der Waals surface area contributed by atoms with Crippen LogP contribution < -0.4 is 5.63 Å². The predicted octanol–water partition coefficient (Wildman–Crippen LogP) is 4.49. The van der Waals surface area contributed by atoms with Crippen molar-refractivity contribution >= 4 is 22.6 Å². The van der Waals surface area contributed by atoms with Crippen LogP contribution in [0.15, 0.2) is 51.7 Å². The average Bonchev–Trinajstić information content (AvgIpc) is 2.64. The Morgan fingerprint density at radius 1 is 1.18 bits per heavy atom. The number of hydrogen-bond acceptors (Lipinski definition) is 6. The zero-order valence-corrected chi connectivity index (χ0v) is 15.7. The lowest BCUT2D eigenvalue weighted by Crippen LogP contribution is -2.08. The topological polar surface area (TPSA) is 99.7 Å². The molecular formula is C21H19NO6. The lowest BCUT2D eigenvalue weighted by Gasteiger charge is -2.13. The van der Waals surface area contributed by atoms with Crippen molar-refractivity contribution < 1.29 is 18.9 Å². The molecule has 0 saturated heterocycles. The van der Waals surface area contributed by atoms with Crippen molar-refractivity contribution in [3.8, 4) is 0 Å². The summed E-state index contributed by atoms with van der Waals surface area (Å²) >= 11 is 0. The molecule has 7 nitrogen and oxygen atoms in total. The molecule has 0 unspecified atom stereocenters. The number of nitro groups is 1. The fourth-order valence-corrected chi connectivity index (χ4v) is 3.08. The molecule has 0 radical (unpaired) electrons. The quantitative estimate of drug-likeness (QED) is 0.279. The molecule has 0 aliphatic carbocycles. The molecule has 3 rings (SSSR count). The standard InChI is InChI=1S/C21H19NO6/c1-12(2)17-10-18-15(9-20(23)28-19(18)8-13(17)3)11-27-21(24)14-4-6-16(7-5-14)22(25)26/h4-10,12H,11H2,1-3H3. The van der Waals surface area contributed by atoms with E-state index in [4.69, 9.17) is 9.15 Å². The van der Waals surface area contributed by atoms with Gasteiger partial charge in [0, 0.05) is 29.1 Å². The first-order chi connectivity index (χ1) is 13.3. The Hall–Kier alpha value is -3.48. The number of benzene rings is 2. The molecular weight excluding hydrogens is 362 g/mol. The number of carbonyl (C=O) groups is 1. The molecule has 0 bridgehead atoms. The molecule has 28 heavy (non-hydrogen) atoms. The summed E-state index contributed by atoms with van der Waals surface area (Å²) in [5, 5.41) is 11.4. The summed E-state index contributed by atoms with van der Waals surface area (Å²) in [7, 11) is 0. The number of carbonyl (C=O) groups excluding carboxylic acids is 1. The van der Waals surface area contributed by atoms with E-state index in [1.807, 2.05) is 19.1 Å². The van der Waals surface area contributed by atoms with Crippen molar-refractivity contribution in [2.75, 3.05) is 0 Å². The highest BCUT2D eigenvalue weighted by atomic mass is 16.6. The van der Waals surface area contributed by atoms with Crippen LogP contribution in [0.1, 0.15) is 46.8 Å². The Bertz CT molecular complexity index is 1110. The summed E-state index contributed by atoms with van der Waals surface area (Å²) < 4.78 is 10.6. The van der Waals surface area contributed by atoms with Gasteiger partial charge in [-0.05, 0) is 48.2 Å². The van der Waals surface area contributed by atoms with E-state index in [0.717, 1.165) is 11.1 Å². The number of aryl methyl sites for hydroxylation is 1. The van der Waals surface area contributed by atoms with Gasteiger partial charge in [-0.15, -0.1) is 0 Å². The van der Waals surface area contributed by atoms with Crippen molar-refractivity contribution in [2.45, 2.75) is 33.3 Å². The van der Waals surface area contributed by atoms with E-state index in [1.165, 1.54) is 30.3 Å². The second-order valence-corrected chi connectivity index (χ2v) is 6.83. The summed E-state index contributed by atoms with van der Waals surface area (Å²) in [4.78, 5) is 34.3. The summed E-state index contributed by atoms with van der Waals surface area (Å²) in [6.45, 7) is 5.98. The minimum atomic E-state index is -0.632. The fourth-order valence-electron chi connectivity index (χ4n) is 3.08. The number of nitro benzene ring substituents is 1. The first-order valence-corrected chi connectivity index (χ1v) is 8.75. The largest absolute Gasteiger partial charge is 0.457 e. The van der Waals surface area contributed by atoms with E-state index in [9.17, 15) is 19.7 Å². The number of ether oxygens (including phenoxy) is 1. The van der Waals surface area contributed by atoms with E-state index in [1.54, 1.807) is 0 Å². The summed E-state index contributed by atoms with van der Waals surface area (Å²) in [5.74, 6) is -0.348. The predicted molar refractivity (Wildman–Crippen MR) is 104 cm³/mol. The number of esters is 1. The highest BCUT2D eigenvalue weighted by Crippen LogP contribution is 2.27. The summed E-state index contributed by atoms with van der Waals surface area (Å²) in [6, 6.07) is 10.2. The normalized spacial score (nSPS) is 11.0. The van der Waals surface area contributed by atoms with Crippen LogP contribution in [0.4, 0.5) is 5.69 Å². The third-order valence-electron chi connectivity index (χ3n) is 4.51. The number of non-ortho nitro benzene ring substituents is 1. The van der Waals surface area contributed by atoms with Gasteiger partial charge in [0.05, 0.1) is 10.5 Å². The molecule has 0 amide bonds. The highest BCUT2D eigenvalue weighted by Gasteiger charge is 2.14. The van der Waals surface area contributed by atoms with E-state index in [0.29, 0.717) is 16.5 Å². The van der Waals surface area contributed by atoms with Gasteiger partial charge in [0.25, 0.3) is 5.69 Å². The molecule has 144 valence electrons. The number of nitrogens with zero attached hydrogens (tertiary/aromatic N) is 1. The molecule has 0 N–H and O–H groups in total. The first-order valence-electron chi connectivity index (χ1n) is 8.75. The van der Waals surface area contributed by atoms with Crippen LogP contribution in [0.2, 0.25) is 0 Å². The minimum absolute atomic E-state index is 0.111. The van der Waals surface area contributed by atoms with E-state index in [2.05, 4.69) is 13.8 Å². The van der Waals surface area contributed by atoms with Crippen LogP contribution in [0, 0.1) is 17.0 Å². The molecule has 0 atom stereocenters. The monoisotopic (exact) mass is 381 g/mol. The van der Waals surface area contributed by atoms with Crippen LogP contribution in [-0.2, 0) is 11.3 Å². The van der Waals surface area contributed by atoms with Crippen molar-refractivity contribution in [3.63, 3.8) is 0 Å². The number of hydrogen-bond donors (Lipinski definition) is 0. The van der Waals surface area contributed by atoms with Crippen LogP contribution in [-0.4, -0.2) is 10.9 Å². The van der Waals surface area contributed by atoms with Crippen LogP contribution >= 0.6 is 0 Å². The van der Waals surface area contributed by atoms with Crippen LogP contribution in [0.3, 0.4) is 0 Å². The summed E-state index contributed by atoms with van der Waals surface area (Å²) in [6.07, 6.45) is 0. The minimum Gasteiger partial charge on any atom is -0.457 e. The van der Waals surface area contributed by atoms with Crippen molar-refractivity contribution in [3.05, 3.63) is 85.3 Å². The van der Waals surface area contributed by atoms with Crippen molar-refractivity contribution in [2.24, 2.45) is 0 Å². The smallest absolute Gasteiger partial charge is 0.338 e. The van der Waals surface area contributed by atoms with Gasteiger partial charge in [-0.1, -0.05) is 13.8 Å². The highest BCUT2D eigenvalue weighted by molar-refractivity contribution is 5.90. The van der Waals surface area contributed by atoms with Crippen molar-refractivity contribution in [1.29, 1.82) is 0 Å². The van der Waals surface area contributed by atoms with E-state index in [-0.39, 0.29) is 23.8 Å². The molecule has 0 spiro atoms. The van der Waals surface area contributed by atoms with Crippen molar-refractivity contribution in [1.82, 2.24) is 0 Å². The van der Waals surface area contributed by atoms with E-state index < -0.39 is 16.5 Å². The molecule has 2 aromatic carbocycles. The maximum Gasteiger partial charge on any atom is 0.338 e. The SMILES string of the molecule is Cc1cc2oc(=O)cc(COC(=O)c3ccc([N+](=O)[O-])cc3)c2cc1C(C)C. The molecule has 0 saturated carbocycles. The number of fused-ring (bicyclic) bond motifs is 1. The van der Waals surface area contributed by atoms with E-state index >= 15 is 0 Å². The second-order valence-electron chi connectivity index (χ2n) is 6.83. The van der Waals surface area contributed by atoms with Gasteiger partial charge in [-0.3, -0.25) is 10.1 Å². The van der Waals surface area contributed by atoms with Gasteiger partial charge in [0.1, 0.15) is 12.2 Å². The third-order valence-corrected chi connectivity index (χ3v) is 4.51. The lowest BCUT2D eigenvalue weighted by atomic mass is 9.95. The molecule has 1 heterocycles. The van der Waals surface area contributed by atoms with Gasteiger partial charge in [0.15, 0.2) is 0 Å². The van der Waals surface area contributed by atoms with Gasteiger partial charge < -0.3 is 9.15 Å². The average molecular weight is 381 g/mol. The maximum atomic E-state index is 12.3. The Kier molecular flexibility index (Phi) is 5.26. The van der Waals surface area contributed by atoms with Crippen LogP contribution in [0.25, 0.3) is 11.0 Å². The molecule has 0 aliphatic heterocycles. The zero-order chi connectivity index (χ0) is 20.4. The van der Waals surface area contributed by atoms with Gasteiger partial charge >= 0.3 is 11.6 Å². The molecule has 7 heteroatoms. The lowest BCUT2D eigenvalue weighted by molar-refractivity contribution is -0.384. The summed E-state index contributed by atoms with van der Waals surface area (Å²) in [5.41, 5.74) is 2.68. The maximum absolute atomic E-state index is 12.3. The van der Waals surface area contributed by atoms with Gasteiger partial charge in [-0.25, -0.2) is 9.59 Å². The molecule has 1 aromatic heterocycles. The number of rotatable bonds is 5. The Morgan fingerprint density at radius 3 is 2.46 bits per heavy atom. The second kappa shape index (κ2) is 7.64. The van der Waals surface area contributed by atoms with Crippen LogP contribution in [0.5, 0.6) is 0 Å². The Balaban J connectivity index is 1.89. The molecule has 0 fully saturated rings. The molecule has 0 aliphatic rings. The van der Waals surface area contributed by atoms with Gasteiger partial charge in [0.2, 0.25) is 0 Å². The fraction of sp³-hybridized carbons (Fsp3) is 0.238. The third kappa shape index (κ3) is 3.93. The Morgan fingerprint density at radius 2 is 1.86 bits per heavy atom. The zero-order valence-electron chi connectivity index (χ0n) is 15.7. The van der Waals surface area contributed by atoms with Gasteiger partial charge in [-0.2, -0.15) is 0 Å². The molecule has 3 aromatic rings. The first kappa shape index (κ1) is 19.3. The Labute approximate surface area is 160 Å².